The number of ether oxygens (including phenoxy) is 1. The number of methoxy groups -OCH3 is 1. The Morgan fingerprint density at radius 3 is 2.93 bits per heavy atom. The van der Waals surface area contributed by atoms with Gasteiger partial charge in [0.05, 0.1) is 12.1 Å². The number of halogens is 1. The van der Waals surface area contributed by atoms with E-state index in [-0.39, 0.29) is 35.9 Å². The first-order chi connectivity index (χ1) is 13.7. The second-order valence-corrected chi connectivity index (χ2v) is 6.44. The van der Waals surface area contributed by atoms with Gasteiger partial charge in [0, 0.05) is 52.1 Å². The minimum atomic E-state index is -0.143. The lowest BCUT2D eigenvalue weighted by molar-refractivity contribution is 0.0954. The molecule has 3 rings (SSSR count). The van der Waals surface area contributed by atoms with Crippen LogP contribution in [-0.2, 0) is 24.3 Å². The molecule has 1 unspecified atom stereocenters. The predicted octanol–water partition coefficient (Wildman–Crippen LogP) is 0.347. The SMILES string of the molecule is CN=C(NCCNC(=O)c1cccnc1)NC1CCc2nc(COC)nn2C1.I. The molecule has 3 heterocycles. The highest BCUT2D eigenvalue weighted by Gasteiger charge is 2.22. The van der Waals surface area contributed by atoms with E-state index in [1.54, 1.807) is 38.7 Å². The smallest absolute Gasteiger partial charge is 0.252 e. The van der Waals surface area contributed by atoms with Crippen molar-refractivity contribution in [3.8, 4) is 0 Å². The number of hydrogen-bond acceptors (Lipinski definition) is 6. The number of rotatable bonds is 7. The molecule has 1 aliphatic heterocycles. The van der Waals surface area contributed by atoms with Crippen molar-refractivity contribution in [1.82, 2.24) is 35.7 Å². The van der Waals surface area contributed by atoms with Crippen molar-refractivity contribution in [2.45, 2.75) is 32.0 Å². The molecule has 1 atom stereocenters. The highest BCUT2D eigenvalue weighted by atomic mass is 127. The second kappa shape index (κ2) is 11.7. The molecular formula is C18H27IN8O2. The minimum Gasteiger partial charge on any atom is -0.377 e. The van der Waals surface area contributed by atoms with Gasteiger partial charge in [-0.15, -0.1) is 24.0 Å². The number of aliphatic imine (C=N–C) groups is 1. The monoisotopic (exact) mass is 514 g/mol. The summed E-state index contributed by atoms with van der Waals surface area (Å²) in [7, 11) is 3.36. The average molecular weight is 514 g/mol. The summed E-state index contributed by atoms with van der Waals surface area (Å²) < 4.78 is 7.03. The van der Waals surface area contributed by atoms with Crippen molar-refractivity contribution in [2.24, 2.45) is 4.99 Å². The maximum absolute atomic E-state index is 12.0. The molecule has 0 spiro atoms. The molecule has 11 heteroatoms. The number of fused-ring (bicyclic) bond motifs is 1. The van der Waals surface area contributed by atoms with Crippen molar-refractivity contribution in [1.29, 1.82) is 0 Å². The fourth-order valence-electron chi connectivity index (χ4n) is 3.01. The first-order valence-corrected chi connectivity index (χ1v) is 9.26. The predicted molar refractivity (Wildman–Crippen MR) is 119 cm³/mol. The fraction of sp³-hybridized carbons (Fsp3) is 0.500. The number of carbonyl (C=O) groups is 1. The Bertz CT molecular complexity index is 811. The number of nitrogens with zero attached hydrogens (tertiary/aromatic N) is 5. The number of pyridine rings is 1. The van der Waals surface area contributed by atoms with Crippen LogP contribution in [0.2, 0.25) is 0 Å². The van der Waals surface area contributed by atoms with Gasteiger partial charge in [-0.05, 0) is 18.6 Å². The van der Waals surface area contributed by atoms with E-state index in [2.05, 4.69) is 36.0 Å². The van der Waals surface area contributed by atoms with Gasteiger partial charge >= 0.3 is 0 Å². The third-order valence-corrected chi connectivity index (χ3v) is 4.37. The van der Waals surface area contributed by atoms with Crippen LogP contribution in [0.5, 0.6) is 0 Å². The van der Waals surface area contributed by atoms with Crippen molar-refractivity contribution in [3.05, 3.63) is 41.7 Å². The Balaban J connectivity index is 0.00000300. The summed E-state index contributed by atoms with van der Waals surface area (Å²) in [5, 5.41) is 13.9. The van der Waals surface area contributed by atoms with E-state index >= 15 is 0 Å². The molecule has 0 aromatic carbocycles. The van der Waals surface area contributed by atoms with E-state index in [4.69, 9.17) is 4.74 Å². The molecule has 0 saturated carbocycles. The van der Waals surface area contributed by atoms with Crippen molar-refractivity contribution >= 4 is 35.8 Å². The first-order valence-electron chi connectivity index (χ1n) is 9.26. The molecular weight excluding hydrogens is 487 g/mol. The lowest BCUT2D eigenvalue weighted by atomic mass is 10.1. The Kier molecular flexibility index (Phi) is 9.25. The van der Waals surface area contributed by atoms with Gasteiger partial charge in [-0.2, -0.15) is 5.10 Å². The van der Waals surface area contributed by atoms with E-state index in [1.165, 1.54) is 0 Å². The highest BCUT2D eigenvalue weighted by molar-refractivity contribution is 14.0. The lowest BCUT2D eigenvalue weighted by Gasteiger charge is -2.25. The van der Waals surface area contributed by atoms with E-state index in [9.17, 15) is 4.79 Å². The van der Waals surface area contributed by atoms with Crippen LogP contribution >= 0.6 is 24.0 Å². The summed E-state index contributed by atoms with van der Waals surface area (Å²) >= 11 is 0. The van der Waals surface area contributed by atoms with Crippen molar-refractivity contribution in [2.75, 3.05) is 27.2 Å². The molecule has 0 fully saturated rings. The second-order valence-electron chi connectivity index (χ2n) is 6.44. The summed E-state index contributed by atoms with van der Waals surface area (Å²) in [5.74, 6) is 2.26. The molecule has 158 valence electrons. The van der Waals surface area contributed by atoms with Crippen molar-refractivity contribution in [3.63, 3.8) is 0 Å². The van der Waals surface area contributed by atoms with Crippen LogP contribution in [0.15, 0.2) is 29.5 Å². The largest absolute Gasteiger partial charge is 0.377 e. The van der Waals surface area contributed by atoms with Crippen LogP contribution in [-0.4, -0.2) is 64.9 Å². The Hall–Kier alpha value is -2.28. The van der Waals surface area contributed by atoms with Crippen LogP contribution in [0.25, 0.3) is 0 Å². The Morgan fingerprint density at radius 2 is 2.21 bits per heavy atom. The number of carbonyl (C=O) groups excluding carboxylic acids is 1. The van der Waals surface area contributed by atoms with E-state index < -0.39 is 0 Å². The van der Waals surface area contributed by atoms with Gasteiger partial charge in [-0.1, -0.05) is 0 Å². The highest BCUT2D eigenvalue weighted by Crippen LogP contribution is 2.13. The van der Waals surface area contributed by atoms with Gasteiger partial charge in [-0.3, -0.25) is 14.8 Å². The molecule has 29 heavy (non-hydrogen) atoms. The zero-order chi connectivity index (χ0) is 19.8. The van der Waals surface area contributed by atoms with Crippen LogP contribution < -0.4 is 16.0 Å². The molecule has 1 amide bonds. The van der Waals surface area contributed by atoms with Gasteiger partial charge in [0.15, 0.2) is 11.8 Å². The summed E-state index contributed by atoms with van der Waals surface area (Å²) in [4.78, 5) is 24.7. The number of nitrogens with one attached hydrogen (secondary N) is 3. The zero-order valence-corrected chi connectivity index (χ0v) is 18.9. The topological polar surface area (TPSA) is 118 Å². The summed E-state index contributed by atoms with van der Waals surface area (Å²) in [6.07, 6.45) is 4.98. The standard InChI is InChI=1S/C18H26N8O2.HI/c1-19-18(22-9-8-21-17(27)13-4-3-7-20-10-13)23-14-5-6-16-24-15(12-28-2)25-26(16)11-14;/h3-4,7,10,14H,5-6,8-9,11-12H2,1-2H3,(H,21,27)(H2,19,22,23);1H. The molecule has 1 aliphatic rings. The molecule has 2 aromatic rings. The van der Waals surface area contributed by atoms with Crippen LogP contribution in [0, 0.1) is 0 Å². The number of aryl methyl sites for hydroxylation is 1. The molecule has 0 aliphatic carbocycles. The van der Waals surface area contributed by atoms with Crippen LogP contribution in [0.3, 0.4) is 0 Å². The summed E-state index contributed by atoms with van der Waals surface area (Å²) in [6, 6.07) is 3.68. The van der Waals surface area contributed by atoms with Gasteiger partial charge < -0.3 is 20.7 Å². The maximum atomic E-state index is 12.0. The molecule has 10 nitrogen and oxygen atoms in total. The normalized spacial score (nSPS) is 15.8. The molecule has 0 radical (unpaired) electrons. The fourth-order valence-corrected chi connectivity index (χ4v) is 3.01. The number of hydrogen-bond donors (Lipinski definition) is 3. The van der Waals surface area contributed by atoms with Gasteiger partial charge in [0.25, 0.3) is 5.91 Å². The molecule has 0 saturated heterocycles. The van der Waals surface area contributed by atoms with Gasteiger partial charge in [0.1, 0.15) is 12.4 Å². The minimum absolute atomic E-state index is 0. The summed E-state index contributed by atoms with van der Waals surface area (Å²) in [5.41, 5.74) is 0.545. The third kappa shape index (κ3) is 6.63. The van der Waals surface area contributed by atoms with Crippen LogP contribution in [0.1, 0.15) is 28.4 Å². The van der Waals surface area contributed by atoms with Gasteiger partial charge in [-0.25, -0.2) is 9.67 Å². The zero-order valence-electron chi connectivity index (χ0n) is 16.6. The van der Waals surface area contributed by atoms with E-state index in [0.717, 1.165) is 25.2 Å². The third-order valence-electron chi connectivity index (χ3n) is 4.37. The van der Waals surface area contributed by atoms with E-state index in [0.29, 0.717) is 37.0 Å². The quantitative estimate of drug-likeness (QED) is 0.211. The lowest BCUT2D eigenvalue weighted by Crippen LogP contribution is -2.48. The Labute approximate surface area is 187 Å². The van der Waals surface area contributed by atoms with Crippen LogP contribution in [0.4, 0.5) is 0 Å². The average Bonchev–Trinajstić information content (AvgIpc) is 3.12. The van der Waals surface area contributed by atoms with Gasteiger partial charge in [0.2, 0.25) is 0 Å². The molecule has 0 bridgehead atoms. The van der Waals surface area contributed by atoms with Crippen molar-refractivity contribution < 1.29 is 9.53 Å². The molecule has 3 N–H and O–H groups in total. The number of guanidine groups is 1. The number of amides is 1. The molecule has 2 aromatic heterocycles. The first kappa shape index (κ1) is 23.0. The summed E-state index contributed by atoms with van der Waals surface area (Å²) in [6.45, 7) is 2.19. The van der Waals surface area contributed by atoms with E-state index in [1.807, 2.05) is 4.68 Å². The maximum Gasteiger partial charge on any atom is 0.252 e. The Morgan fingerprint density at radius 1 is 1.38 bits per heavy atom. The number of aromatic nitrogens is 4.